The zero-order chi connectivity index (χ0) is 26.6. The number of carbonyl (C=O) groups is 1. The summed E-state index contributed by atoms with van der Waals surface area (Å²) in [6.45, 7) is 3.75. The molecule has 3 N–H and O–H groups in total. The molecule has 0 unspecified atom stereocenters. The standard InChI is InChI=1S/C20H22ClF2N7O2S2.CH2O2/c1-19(2-3-19)28-34(31,32)11-8-12(29-7-6-24-20(10-29)4-5-20)13-14(21)25-16(30(13)9-11)18-27-26-17(33-18)15(22)23;2-1-3/h8-9,15,24,28H,2-7,10H2,1H3;1H,(H,2,3). The molecule has 3 fully saturated rings. The number of rotatable bonds is 6. The number of hydrogen-bond acceptors (Lipinski definition) is 9. The number of nitrogens with zero attached hydrogens (tertiary/aromatic N) is 5. The van der Waals surface area contributed by atoms with E-state index in [-0.39, 0.29) is 32.9 Å². The van der Waals surface area contributed by atoms with Crippen molar-refractivity contribution < 1.29 is 27.1 Å². The molecule has 0 amide bonds. The maximum atomic E-state index is 13.3. The topological polar surface area (TPSA) is 142 Å². The Morgan fingerprint density at radius 1 is 1.30 bits per heavy atom. The molecule has 6 rings (SSSR count). The van der Waals surface area contributed by atoms with Gasteiger partial charge in [-0.2, -0.15) is 0 Å². The number of sulfonamides is 1. The monoisotopic (exact) mass is 575 g/mol. The van der Waals surface area contributed by atoms with Gasteiger partial charge in [0.1, 0.15) is 10.4 Å². The summed E-state index contributed by atoms with van der Waals surface area (Å²) < 4.78 is 57.2. The fourth-order valence-electron chi connectivity index (χ4n) is 4.40. The van der Waals surface area contributed by atoms with Crippen molar-refractivity contribution in [3.63, 3.8) is 0 Å². The van der Waals surface area contributed by atoms with Gasteiger partial charge in [-0.25, -0.2) is 26.9 Å². The van der Waals surface area contributed by atoms with Gasteiger partial charge in [0.25, 0.3) is 12.9 Å². The number of imidazole rings is 1. The van der Waals surface area contributed by atoms with Crippen molar-refractivity contribution in [3.8, 4) is 10.8 Å². The van der Waals surface area contributed by atoms with E-state index < -0.39 is 27.0 Å². The number of halogens is 3. The third-order valence-electron chi connectivity index (χ3n) is 6.73. The van der Waals surface area contributed by atoms with E-state index in [1.165, 1.54) is 6.20 Å². The normalized spacial score (nSPS) is 19.6. The molecular formula is C21H24ClF2N7O4S2. The molecule has 0 atom stereocenters. The molecular weight excluding hydrogens is 552 g/mol. The number of fused-ring (bicyclic) bond motifs is 1. The first-order valence-electron chi connectivity index (χ1n) is 11.5. The second-order valence-corrected chi connectivity index (χ2v) is 12.7. The zero-order valence-corrected chi connectivity index (χ0v) is 22.0. The Balaban J connectivity index is 0.000000892. The number of pyridine rings is 1. The van der Waals surface area contributed by atoms with Crippen LogP contribution in [-0.2, 0) is 14.8 Å². The Bertz CT molecular complexity index is 1450. The van der Waals surface area contributed by atoms with Gasteiger partial charge in [-0.1, -0.05) is 22.9 Å². The molecule has 3 aromatic heterocycles. The highest BCUT2D eigenvalue weighted by atomic mass is 35.5. The zero-order valence-electron chi connectivity index (χ0n) is 19.6. The third-order valence-corrected chi connectivity index (χ3v) is 9.52. The van der Waals surface area contributed by atoms with Crippen LogP contribution in [0.1, 0.15) is 44.0 Å². The summed E-state index contributed by atoms with van der Waals surface area (Å²) in [5.41, 5.74) is 0.727. The second kappa shape index (κ2) is 9.38. The van der Waals surface area contributed by atoms with Crippen LogP contribution in [0.25, 0.3) is 16.3 Å². The Morgan fingerprint density at radius 2 is 2.00 bits per heavy atom. The minimum atomic E-state index is -3.86. The van der Waals surface area contributed by atoms with Crippen molar-refractivity contribution >= 4 is 50.6 Å². The number of hydrogen-bond donors (Lipinski definition) is 3. The van der Waals surface area contributed by atoms with Crippen LogP contribution in [0.2, 0.25) is 5.15 Å². The first-order chi connectivity index (χ1) is 17.5. The van der Waals surface area contributed by atoms with E-state index in [1.54, 1.807) is 10.5 Å². The Hall–Kier alpha value is -2.46. The smallest absolute Gasteiger partial charge is 0.291 e. The summed E-state index contributed by atoms with van der Waals surface area (Å²) in [5, 5.41) is 17.7. The van der Waals surface area contributed by atoms with Crippen molar-refractivity contribution in [2.24, 2.45) is 0 Å². The first kappa shape index (κ1) is 26.2. The summed E-state index contributed by atoms with van der Waals surface area (Å²) in [5.74, 6) is 0.177. The lowest BCUT2D eigenvalue weighted by molar-refractivity contribution is -0.122. The molecule has 1 spiro atoms. The van der Waals surface area contributed by atoms with E-state index in [0.717, 1.165) is 32.2 Å². The molecule has 200 valence electrons. The summed E-state index contributed by atoms with van der Waals surface area (Å²) in [6, 6.07) is 1.63. The average molecular weight is 576 g/mol. The molecule has 0 bridgehead atoms. The van der Waals surface area contributed by atoms with Crippen LogP contribution < -0.4 is 14.9 Å². The van der Waals surface area contributed by atoms with E-state index in [0.29, 0.717) is 35.6 Å². The summed E-state index contributed by atoms with van der Waals surface area (Å²) >= 11 is 7.26. The highest BCUT2D eigenvalue weighted by Gasteiger charge is 2.46. The number of carboxylic acid groups (broad SMARTS) is 1. The van der Waals surface area contributed by atoms with E-state index >= 15 is 0 Å². The van der Waals surface area contributed by atoms with Crippen molar-refractivity contribution in [2.75, 3.05) is 24.5 Å². The van der Waals surface area contributed by atoms with E-state index in [9.17, 15) is 17.2 Å². The molecule has 3 aromatic rings. The van der Waals surface area contributed by atoms with Gasteiger partial charge in [0.2, 0.25) is 10.0 Å². The summed E-state index contributed by atoms with van der Waals surface area (Å²) in [6.07, 6.45) is 2.31. The van der Waals surface area contributed by atoms with Crippen LogP contribution in [-0.4, -0.2) is 70.3 Å². The minimum Gasteiger partial charge on any atom is -0.483 e. The van der Waals surface area contributed by atoms with Gasteiger partial charge in [0, 0.05) is 36.9 Å². The van der Waals surface area contributed by atoms with Gasteiger partial charge >= 0.3 is 0 Å². The SMILES string of the molecule is CC1(NS(=O)(=O)c2cc(N3CCNC4(CC4)C3)c3c(Cl)nc(-c4nnc(C(F)F)s4)n3c2)CC1.O=CO. The Labute approximate surface area is 219 Å². The third kappa shape index (κ3) is 5.14. The molecule has 3 aliphatic rings. The molecule has 16 heteroatoms. The maximum absolute atomic E-state index is 13.3. The van der Waals surface area contributed by atoms with E-state index in [2.05, 4.69) is 30.1 Å². The van der Waals surface area contributed by atoms with Crippen molar-refractivity contribution in [1.82, 2.24) is 29.6 Å². The first-order valence-corrected chi connectivity index (χ1v) is 14.1. The maximum Gasteiger partial charge on any atom is 0.291 e. The predicted molar refractivity (Wildman–Crippen MR) is 133 cm³/mol. The number of aromatic nitrogens is 4. The predicted octanol–water partition coefficient (Wildman–Crippen LogP) is 2.92. The lowest BCUT2D eigenvalue weighted by Gasteiger charge is -2.36. The Morgan fingerprint density at radius 3 is 2.59 bits per heavy atom. The van der Waals surface area contributed by atoms with Crippen LogP contribution >= 0.6 is 22.9 Å². The van der Waals surface area contributed by atoms with E-state index in [4.69, 9.17) is 21.5 Å². The van der Waals surface area contributed by atoms with Crippen LogP contribution in [0.4, 0.5) is 14.5 Å². The van der Waals surface area contributed by atoms with Gasteiger partial charge < -0.3 is 15.3 Å². The van der Waals surface area contributed by atoms with Gasteiger partial charge in [-0.05, 0) is 38.7 Å². The van der Waals surface area contributed by atoms with Crippen LogP contribution in [0.3, 0.4) is 0 Å². The molecule has 1 aliphatic heterocycles. The summed E-state index contributed by atoms with van der Waals surface area (Å²) in [4.78, 5) is 14.9. The van der Waals surface area contributed by atoms with Gasteiger partial charge in [0.05, 0.1) is 5.69 Å². The van der Waals surface area contributed by atoms with Crippen LogP contribution in [0.15, 0.2) is 17.2 Å². The number of piperazine rings is 1. The molecule has 2 saturated carbocycles. The lowest BCUT2D eigenvalue weighted by Crippen LogP contribution is -2.52. The largest absolute Gasteiger partial charge is 0.483 e. The fourth-order valence-corrected chi connectivity index (χ4v) is 6.84. The molecule has 2 aliphatic carbocycles. The molecule has 4 heterocycles. The molecule has 0 aromatic carbocycles. The van der Waals surface area contributed by atoms with Gasteiger partial charge in [0.15, 0.2) is 21.0 Å². The lowest BCUT2D eigenvalue weighted by atomic mass is 10.1. The Kier molecular flexibility index (Phi) is 6.63. The van der Waals surface area contributed by atoms with Crippen molar-refractivity contribution in [3.05, 3.63) is 22.4 Å². The van der Waals surface area contributed by atoms with Gasteiger partial charge in [-0.3, -0.25) is 9.20 Å². The summed E-state index contributed by atoms with van der Waals surface area (Å²) in [7, 11) is -3.86. The number of nitrogens with one attached hydrogen (secondary N) is 2. The molecule has 1 saturated heterocycles. The number of alkyl halides is 2. The van der Waals surface area contributed by atoms with E-state index in [1.807, 2.05) is 6.92 Å². The number of anilines is 1. The van der Waals surface area contributed by atoms with Crippen LogP contribution in [0.5, 0.6) is 0 Å². The molecule has 37 heavy (non-hydrogen) atoms. The average Bonchev–Trinajstić information content (AvgIpc) is 3.64. The molecule has 0 radical (unpaired) electrons. The fraction of sp³-hybridized carbons (Fsp3) is 0.524. The minimum absolute atomic E-state index is 0.0323. The quantitative estimate of drug-likeness (QED) is 0.378. The molecule has 11 nitrogen and oxygen atoms in total. The highest BCUT2D eigenvalue weighted by Crippen LogP contribution is 2.42. The second-order valence-electron chi connectivity index (χ2n) is 9.65. The van der Waals surface area contributed by atoms with Crippen molar-refractivity contribution in [2.45, 2.75) is 55.0 Å². The van der Waals surface area contributed by atoms with Crippen molar-refractivity contribution in [1.29, 1.82) is 0 Å². The van der Waals surface area contributed by atoms with Gasteiger partial charge in [-0.15, -0.1) is 10.2 Å². The highest BCUT2D eigenvalue weighted by molar-refractivity contribution is 7.89. The van der Waals surface area contributed by atoms with Crippen LogP contribution in [0, 0.1) is 0 Å².